The number of carbonyl (C=O) groups is 3. The minimum Gasteiger partial charge on any atom is -0.263 e. The average molecular weight is 339 g/mol. The molecule has 1 heterocycles. The summed E-state index contributed by atoms with van der Waals surface area (Å²) in [5.74, 6) is -1.36. The van der Waals surface area contributed by atoms with Crippen molar-refractivity contribution >= 4 is 33.8 Å². The van der Waals surface area contributed by atoms with Gasteiger partial charge < -0.3 is 0 Å². The lowest BCUT2D eigenvalue weighted by atomic mass is 10.2. The van der Waals surface area contributed by atoms with E-state index in [2.05, 4.69) is 15.9 Å². The molecule has 0 bridgehead atoms. The predicted molar refractivity (Wildman–Crippen MR) is 76.6 cm³/mol. The highest BCUT2D eigenvalue weighted by Crippen LogP contribution is 2.19. The highest BCUT2D eigenvalue weighted by molar-refractivity contribution is 9.10. The Bertz CT molecular complexity index is 571. The van der Waals surface area contributed by atoms with Gasteiger partial charge in [0.1, 0.15) is 0 Å². The summed E-state index contributed by atoms with van der Waals surface area (Å²) < 4.78 is 0.861. The van der Waals surface area contributed by atoms with Crippen LogP contribution in [0.15, 0.2) is 28.7 Å². The van der Waals surface area contributed by atoms with E-state index in [-0.39, 0.29) is 19.0 Å². The lowest BCUT2D eigenvalue weighted by Crippen LogP contribution is -2.35. The molecule has 1 saturated heterocycles. The zero-order chi connectivity index (χ0) is 14.9. The SMILES string of the molecule is CC(C)CN1C(=O)C(=O)N(Cc2cccc(Br)c2)C1=O. The van der Waals surface area contributed by atoms with Gasteiger partial charge in [-0.2, -0.15) is 0 Å². The van der Waals surface area contributed by atoms with Crippen molar-refractivity contribution in [3.63, 3.8) is 0 Å². The predicted octanol–water partition coefficient (Wildman–Crippen LogP) is 2.40. The van der Waals surface area contributed by atoms with Crippen molar-refractivity contribution in [1.29, 1.82) is 0 Å². The summed E-state index contributed by atoms with van der Waals surface area (Å²) in [7, 11) is 0. The first-order chi connectivity index (χ1) is 9.40. The molecular weight excluding hydrogens is 324 g/mol. The third-order valence-electron chi connectivity index (χ3n) is 2.91. The van der Waals surface area contributed by atoms with Gasteiger partial charge in [-0.05, 0) is 23.6 Å². The van der Waals surface area contributed by atoms with E-state index < -0.39 is 17.8 Å². The molecule has 1 fully saturated rings. The highest BCUT2D eigenvalue weighted by Gasteiger charge is 2.44. The Hall–Kier alpha value is -1.69. The van der Waals surface area contributed by atoms with E-state index in [0.29, 0.717) is 0 Å². The molecule has 0 unspecified atom stereocenters. The van der Waals surface area contributed by atoms with Crippen molar-refractivity contribution in [2.24, 2.45) is 5.92 Å². The molecule has 20 heavy (non-hydrogen) atoms. The van der Waals surface area contributed by atoms with Gasteiger partial charge in [0.05, 0.1) is 6.54 Å². The van der Waals surface area contributed by atoms with Crippen molar-refractivity contribution in [2.75, 3.05) is 6.54 Å². The van der Waals surface area contributed by atoms with Gasteiger partial charge in [-0.1, -0.05) is 41.9 Å². The van der Waals surface area contributed by atoms with E-state index in [1.165, 1.54) is 0 Å². The second-order valence-corrected chi connectivity index (χ2v) is 6.03. The van der Waals surface area contributed by atoms with Gasteiger partial charge in [-0.15, -0.1) is 0 Å². The molecule has 0 spiro atoms. The third-order valence-corrected chi connectivity index (χ3v) is 3.41. The monoisotopic (exact) mass is 338 g/mol. The van der Waals surface area contributed by atoms with Gasteiger partial charge in [0.2, 0.25) is 0 Å². The molecular formula is C14H15BrN2O3. The van der Waals surface area contributed by atoms with E-state index in [4.69, 9.17) is 0 Å². The molecule has 0 aliphatic carbocycles. The van der Waals surface area contributed by atoms with Crippen LogP contribution in [0.3, 0.4) is 0 Å². The summed E-state index contributed by atoms with van der Waals surface area (Å²) in [4.78, 5) is 37.9. The molecule has 0 saturated carbocycles. The Morgan fingerprint density at radius 3 is 2.35 bits per heavy atom. The van der Waals surface area contributed by atoms with E-state index in [9.17, 15) is 14.4 Å². The maximum atomic E-state index is 12.1. The molecule has 0 radical (unpaired) electrons. The topological polar surface area (TPSA) is 57.7 Å². The van der Waals surface area contributed by atoms with Gasteiger partial charge in [0.15, 0.2) is 0 Å². The number of nitrogens with zero attached hydrogens (tertiary/aromatic N) is 2. The number of amides is 4. The van der Waals surface area contributed by atoms with Crippen molar-refractivity contribution in [3.05, 3.63) is 34.3 Å². The molecule has 1 aliphatic rings. The van der Waals surface area contributed by atoms with E-state index in [1.54, 1.807) is 6.07 Å². The maximum Gasteiger partial charge on any atom is 0.334 e. The third kappa shape index (κ3) is 2.90. The first-order valence-electron chi connectivity index (χ1n) is 6.32. The number of rotatable bonds is 4. The van der Waals surface area contributed by atoms with Gasteiger partial charge >= 0.3 is 17.8 Å². The van der Waals surface area contributed by atoms with Gasteiger partial charge in [0, 0.05) is 11.0 Å². The van der Waals surface area contributed by atoms with Crippen LogP contribution in [0, 0.1) is 5.92 Å². The lowest BCUT2D eigenvalue weighted by Gasteiger charge is -2.17. The van der Waals surface area contributed by atoms with E-state index in [0.717, 1.165) is 19.8 Å². The molecule has 0 N–H and O–H groups in total. The largest absolute Gasteiger partial charge is 0.334 e. The zero-order valence-corrected chi connectivity index (χ0v) is 12.9. The summed E-state index contributed by atoms with van der Waals surface area (Å²) in [6, 6.07) is 6.76. The summed E-state index contributed by atoms with van der Waals surface area (Å²) >= 11 is 3.33. The molecule has 5 nitrogen and oxygen atoms in total. The maximum absolute atomic E-state index is 12.1. The van der Waals surface area contributed by atoms with Crippen LogP contribution >= 0.6 is 15.9 Å². The number of benzene rings is 1. The summed E-state index contributed by atoms with van der Waals surface area (Å²) in [5.41, 5.74) is 0.792. The zero-order valence-electron chi connectivity index (χ0n) is 11.3. The fraction of sp³-hybridized carbons (Fsp3) is 0.357. The minimum absolute atomic E-state index is 0.109. The fourth-order valence-corrected chi connectivity index (χ4v) is 2.48. The number of imide groups is 2. The van der Waals surface area contributed by atoms with Crippen LogP contribution in [0.5, 0.6) is 0 Å². The standard InChI is InChI=1S/C14H15BrN2O3/c1-9(2)7-16-12(18)13(19)17(14(16)20)8-10-4-3-5-11(15)6-10/h3-6,9H,7-8H2,1-2H3. The smallest absolute Gasteiger partial charge is 0.263 e. The van der Waals surface area contributed by atoms with Crippen LogP contribution < -0.4 is 0 Å². The van der Waals surface area contributed by atoms with Crippen molar-refractivity contribution < 1.29 is 14.4 Å². The Morgan fingerprint density at radius 1 is 1.10 bits per heavy atom. The average Bonchev–Trinajstić information content (AvgIpc) is 2.56. The van der Waals surface area contributed by atoms with Crippen molar-refractivity contribution in [1.82, 2.24) is 9.80 Å². The quantitative estimate of drug-likeness (QED) is 0.625. The van der Waals surface area contributed by atoms with E-state index >= 15 is 0 Å². The molecule has 0 aromatic heterocycles. The van der Waals surface area contributed by atoms with Crippen LogP contribution in [0.4, 0.5) is 4.79 Å². The Balaban J connectivity index is 2.18. The fourth-order valence-electron chi connectivity index (χ4n) is 2.03. The molecule has 106 valence electrons. The number of hydrogen-bond donors (Lipinski definition) is 0. The van der Waals surface area contributed by atoms with Gasteiger partial charge in [-0.25, -0.2) is 4.79 Å². The first kappa shape index (κ1) is 14.7. The van der Waals surface area contributed by atoms with Crippen LogP contribution in [-0.2, 0) is 16.1 Å². The lowest BCUT2D eigenvalue weighted by molar-refractivity contribution is -0.143. The first-order valence-corrected chi connectivity index (χ1v) is 7.11. The summed E-state index contributed by atoms with van der Waals surface area (Å²) in [6.45, 7) is 4.15. The Kier molecular flexibility index (Phi) is 4.23. The Morgan fingerprint density at radius 2 is 1.75 bits per heavy atom. The van der Waals surface area contributed by atoms with Crippen LogP contribution in [0.25, 0.3) is 0 Å². The molecule has 1 aromatic carbocycles. The molecule has 1 aromatic rings. The van der Waals surface area contributed by atoms with Gasteiger partial charge in [0.25, 0.3) is 0 Å². The number of urea groups is 1. The van der Waals surface area contributed by atoms with E-state index in [1.807, 2.05) is 32.0 Å². The molecule has 2 rings (SSSR count). The molecule has 6 heteroatoms. The van der Waals surface area contributed by atoms with Crippen LogP contribution in [-0.4, -0.2) is 34.2 Å². The summed E-state index contributed by atoms with van der Waals surface area (Å²) in [5, 5.41) is 0. The second-order valence-electron chi connectivity index (χ2n) is 5.11. The summed E-state index contributed by atoms with van der Waals surface area (Å²) in [6.07, 6.45) is 0. The van der Waals surface area contributed by atoms with Crippen LogP contribution in [0.1, 0.15) is 19.4 Å². The highest BCUT2D eigenvalue weighted by atomic mass is 79.9. The van der Waals surface area contributed by atoms with Crippen molar-refractivity contribution in [3.8, 4) is 0 Å². The van der Waals surface area contributed by atoms with Crippen LogP contribution in [0.2, 0.25) is 0 Å². The molecule has 0 atom stereocenters. The molecule has 4 amide bonds. The minimum atomic E-state index is -0.754. The molecule has 1 aliphatic heterocycles. The van der Waals surface area contributed by atoms with Gasteiger partial charge in [-0.3, -0.25) is 19.4 Å². The number of halogens is 1. The van der Waals surface area contributed by atoms with Crippen molar-refractivity contribution in [2.45, 2.75) is 20.4 Å². The number of hydrogen-bond acceptors (Lipinski definition) is 3. The second kappa shape index (κ2) is 5.75. The Labute approximate surface area is 125 Å². The normalized spacial score (nSPS) is 15.7. The number of carbonyl (C=O) groups excluding carboxylic acids is 3.